The maximum atomic E-state index is 14.4. The van der Waals surface area contributed by atoms with Crippen molar-refractivity contribution in [1.29, 1.82) is 0 Å². The number of ether oxygens (including phenoxy) is 2. The van der Waals surface area contributed by atoms with E-state index in [1.165, 1.54) is 22.3 Å². The van der Waals surface area contributed by atoms with Crippen molar-refractivity contribution in [3.05, 3.63) is 35.9 Å². The summed E-state index contributed by atoms with van der Waals surface area (Å²) in [7, 11) is 1.81. The number of carboxylic acid groups (broad SMARTS) is 1. The van der Waals surface area contributed by atoms with Crippen LogP contribution in [0.3, 0.4) is 0 Å². The summed E-state index contributed by atoms with van der Waals surface area (Å²) in [5.74, 6) is -1.91. The summed E-state index contributed by atoms with van der Waals surface area (Å²) in [6.45, 7) is 7.71. The fourth-order valence-electron chi connectivity index (χ4n) is 6.75. The molecule has 0 unspecified atom stereocenters. The number of likely N-dealkylation sites (tertiary alicyclic amines) is 1. The lowest BCUT2D eigenvalue weighted by Crippen LogP contribution is -2.56. The Bertz CT molecular complexity index is 1770. The fourth-order valence-corrected chi connectivity index (χ4v) is 7.51. The van der Waals surface area contributed by atoms with Crippen molar-refractivity contribution in [1.82, 2.24) is 35.3 Å². The Labute approximate surface area is 294 Å². The molecule has 3 aliphatic rings. The highest BCUT2D eigenvalue weighted by molar-refractivity contribution is 7.17. The lowest BCUT2D eigenvalue weighted by atomic mass is 9.96. The highest BCUT2D eigenvalue weighted by atomic mass is 32.1. The van der Waals surface area contributed by atoms with E-state index < -0.39 is 53.5 Å². The first-order valence-corrected chi connectivity index (χ1v) is 18.3. The number of aliphatic carboxylic acids is 1. The van der Waals surface area contributed by atoms with Gasteiger partial charge in [-0.15, -0.1) is 17.9 Å². The van der Waals surface area contributed by atoms with Crippen molar-refractivity contribution < 1.29 is 33.8 Å². The zero-order valence-corrected chi connectivity index (χ0v) is 29.5. The highest BCUT2D eigenvalue weighted by Crippen LogP contribution is 2.45. The summed E-state index contributed by atoms with van der Waals surface area (Å²) in [5, 5.41) is 21.8. The molecule has 2 saturated carbocycles. The molecule has 14 nitrogen and oxygen atoms in total. The third-order valence-electron chi connectivity index (χ3n) is 9.92. The number of hydrogen-bond donors (Lipinski definition) is 3. The maximum absolute atomic E-state index is 14.4. The molecule has 0 aromatic carbocycles. The first-order valence-electron chi connectivity index (χ1n) is 17.4. The summed E-state index contributed by atoms with van der Waals surface area (Å²) < 4.78 is 14.4. The molecule has 15 heteroatoms. The van der Waals surface area contributed by atoms with Gasteiger partial charge in [0, 0.05) is 19.4 Å². The minimum atomic E-state index is -1.48. The van der Waals surface area contributed by atoms with Crippen molar-refractivity contribution in [3.63, 3.8) is 0 Å². The predicted octanol–water partition coefficient (Wildman–Crippen LogP) is 4.51. The molecule has 268 valence electrons. The standard InChI is InChI=1S/C35H45N7O7S/c1-5-7-8-9-13-25(37-34(47)49-22-11-10-12-22)32(44)42-19-23(17-27(42)30(43)39-35(33(45)46)18-21(35)6-2)48-31-28-24(14-15-50-28)36-29(38-31)26-16-20(3)40-41(26)4/h6,14-16,21-23,25,27H,2,5,7-13,17-19H2,1,3-4H3,(H,37,47)(H,39,43)(H,45,46)/t21-,23-,25+,27+,35-/m1/s1. The topological polar surface area (TPSA) is 178 Å². The molecule has 0 bridgehead atoms. The van der Waals surface area contributed by atoms with Crippen LogP contribution in [0.2, 0.25) is 0 Å². The number of nitrogens with one attached hydrogen (secondary N) is 2. The van der Waals surface area contributed by atoms with E-state index in [1.54, 1.807) is 4.68 Å². The van der Waals surface area contributed by atoms with Crippen molar-refractivity contribution in [2.24, 2.45) is 13.0 Å². The fraction of sp³-hybridized carbons (Fsp3) is 0.571. The van der Waals surface area contributed by atoms with Gasteiger partial charge in [0.05, 0.1) is 17.8 Å². The molecule has 6 rings (SSSR count). The number of aryl methyl sites for hydroxylation is 2. The monoisotopic (exact) mass is 707 g/mol. The number of thiophene rings is 1. The number of carbonyl (C=O) groups is 4. The molecular weight excluding hydrogens is 662 g/mol. The van der Waals surface area contributed by atoms with Crippen LogP contribution in [0.25, 0.3) is 21.7 Å². The van der Waals surface area contributed by atoms with E-state index in [0.29, 0.717) is 40.5 Å². The lowest BCUT2D eigenvalue weighted by Gasteiger charge is -2.30. The molecule has 2 aliphatic carbocycles. The van der Waals surface area contributed by atoms with E-state index in [4.69, 9.17) is 19.4 Å². The SMILES string of the molecule is C=C[C@@H]1C[C@]1(NC(=O)[C@@H]1C[C@@H](Oc2nc(-c3cc(C)nn3C)nc3ccsc23)CN1C(=O)[C@H](CCCCCC)NC(=O)OC1CCC1)C(=O)O. The van der Waals surface area contributed by atoms with Crippen molar-refractivity contribution in [2.75, 3.05) is 6.54 Å². The molecule has 5 atom stereocenters. The number of amides is 3. The predicted molar refractivity (Wildman–Crippen MR) is 186 cm³/mol. The molecule has 1 aliphatic heterocycles. The van der Waals surface area contributed by atoms with E-state index in [1.807, 2.05) is 31.5 Å². The van der Waals surface area contributed by atoms with E-state index in [2.05, 4.69) is 29.2 Å². The molecule has 3 N–H and O–H groups in total. The average Bonchev–Trinajstić information content (AvgIpc) is 3.35. The number of carboxylic acids is 1. The molecule has 3 fully saturated rings. The Hall–Kier alpha value is -4.53. The first-order chi connectivity index (χ1) is 24.0. The van der Waals surface area contributed by atoms with E-state index in [-0.39, 0.29) is 25.5 Å². The summed E-state index contributed by atoms with van der Waals surface area (Å²) in [4.78, 5) is 64.4. The number of aromatic nitrogens is 4. The van der Waals surface area contributed by atoms with Gasteiger partial charge in [-0.1, -0.05) is 38.7 Å². The highest BCUT2D eigenvalue weighted by Gasteiger charge is 2.61. The average molecular weight is 708 g/mol. The smallest absolute Gasteiger partial charge is 0.408 e. The number of carbonyl (C=O) groups excluding carboxylic acids is 3. The normalized spacial score (nSPS) is 23.6. The number of alkyl carbamates (subject to hydrolysis) is 1. The van der Waals surface area contributed by atoms with E-state index in [0.717, 1.165) is 44.2 Å². The minimum Gasteiger partial charge on any atom is -0.479 e. The largest absolute Gasteiger partial charge is 0.479 e. The van der Waals surface area contributed by atoms with Crippen LogP contribution in [0.15, 0.2) is 30.2 Å². The van der Waals surface area contributed by atoms with Crippen LogP contribution in [-0.2, 0) is 26.2 Å². The van der Waals surface area contributed by atoms with E-state index in [9.17, 15) is 24.3 Å². The molecular formula is C35H45N7O7S. The van der Waals surface area contributed by atoms with Gasteiger partial charge in [0.25, 0.3) is 0 Å². The summed E-state index contributed by atoms with van der Waals surface area (Å²) >= 11 is 1.41. The van der Waals surface area contributed by atoms with Gasteiger partial charge in [-0.25, -0.2) is 14.6 Å². The molecule has 50 heavy (non-hydrogen) atoms. The molecule has 0 radical (unpaired) electrons. The number of hydrogen-bond acceptors (Lipinski definition) is 10. The van der Waals surface area contributed by atoms with Gasteiger partial charge in [-0.05, 0) is 56.5 Å². The number of unbranched alkanes of at least 4 members (excludes halogenated alkanes) is 3. The second-order valence-electron chi connectivity index (χ2n) is 13.6. The number of rotatable bonds is 15. The molecule has 3 aromatic heterocycles. The van der Waals surface area contributed by atoms with Gasteiger partial charge in [0.1, 0.15) is 40.2 Å². The Morgan fingerprint density at radius 3 is 2.64 bits per heavy atom. The molecule has 3 amide bonds. The molecule has 4 heterocycles. The van der Waals surface area contributed by atoms with Gasteiger partial charge in [0.2, 0.25) is 17.7 Å². The second-order valence-corrected chi connectivity index (χ2v) is 14.5. The van der Waals surface area contributed by atoms with Crippen LogP contribution in [0, 0.1) is 12.8 Å². The van der Waals surface area contributed by atoms with Crippen LogP contribution in [0.4, 0.5) is 4.79 Å². The molecule has 0 spiro atoms. The zero-order chi connectivity index (χ0) is 35.6. The third kappa shape index (κ3) is 7.32. The summed E-state index contributed by atoms with van der Waals surface area (Å²) in [6, 6.07) is 1.75. The summed E-state index contributed by atoms with van der Waals surface area (Å²) in [5.41, 5.74) is 0.707. The molecule has 3 aromatic rings. The van der Waals surface area contributed by atoms with Gasteiger partial charge >= 0.3 is 12.1 Å². The van der Waals surface area contributed by atoms with Crippen LogP contribution < -0.4 is 15.4 Å². The Morgan fingerprint density at radius 1 is 1.20 bits per heavy atom. The van der Waals surface area contributed by atoms with Crippen LogP contribution >= 0.6 is 11.3 Å². The quantitative estimate of drug-likeness (QED) is 0.150. The third-order valence-corrected chi connectivity index (χ3v) is 10.8. The van der Waals surface area contributed by atoms with Crippen LogP contribution in [0.1, 0.15) is 76.8 Å². The Morgan fingerprint density at radius 2 is 2.00 bits per heavy atom. The van der Waals surface area contributed by atoms with Crippen molar-refractivity contribution >= 4 is 45.4 Å². The van der Waals surface area contributed by atoms with Crippen LogP contribution in [0.5, 0.6) is 5.88 Å². The number of nitrogens with zero attached hydrogens (tertiary/aromatic N) is 5. The number of fused-ring (bicyclic) bond motifs is 1. The van der Waals surface area contributed by atoms with Gasteiger partial charge < -0.3 is 30.1 Å². The van der Waals surface area contributed by atoms with Gasteiger partial charge in [0.15, 0.2) is 5.82 Å². The van der Waals surface area contributed by atoms with Crippen molar-refractivity contribution in [3.8, 4) is 17.4 Å². The van der Waals surface area contributed by atoms with E-state index >= 15 is 0 Å². The first kappa shape index (κ1) is 35.3. The maximum Gasteiger partial charge on any atom is 0.408 e. The zero-order valence-electron chi connectivity index (χ0n) is 28.7. The van der Waals surface area contributed by atoms with Gasteiger partial charge in [-0.2, -0.15) is 10.1 Å². The minimum absolute atomic E-state index is 0.0176. The Balaban J connectivity index is 1.28. The second kappa shape index (κ2) is 14.8. The van der Waals surface area contributed by atoms with Gasteiger partial charge in [-0.3, -0.25) is 14.3 Å². The van der Waals surface area contributed by atoms with Crippen LogP contribution in [-0.4, -0.2) is 90.0 Å². The van der Waals surface area contributed by atoms with Crippen molar-refractivity contribution in [2.45, 2.75) is 108 Å². The Kier molecular flexibility index (Phi) is 10.4. The molecule has 1 saturated heterocycles. The lowest BCUT2D eigenvalue weighted by molar-refractivity contribution is -0.145. The summed E-state index contributed by atoms with van der Waals surface area (Å²) in [6.07, 6.45) is 6.79.